The van der Waals surface area contributed by atoms with Gasteiger partial charge in [-0.05, 0) is 37.0 Å². The van der Waals surface area contributed by atoms with E-state index >= 15 is 0 Å². The molecule has 0 spiro atoms. The number of nitrogens with two attached hydrogens (primary N) is 1. The van der Waals surface area contributed by atoms with E-state index in [-0.39, 0.29) is 18.4 Å². The summed E-state index contributed by atoms with van der Waals surface area (Å²) >= 11 is 0. The molecule has 4 heteroatoms. The third-order valence-corrected chi connectivity index (χ3v) is 4.00. The number of alkyl halides is 1. The zero-order valence-corrected chi connectivity index (χ0v) is 11.8. The molecule has 0 aliphatic heterocycles. The maximum absolute atomic E-state index is 12.7. The molecule has 0 heterocycles. The Morgan fingerprint density at radius 1 is 1.25 bits per heavy atom. The van der Waals surface area contributed by atoms with Crippen LogP contribution in [0.5, 0.6) is 0 Å². The molecule has 1 saturated carbocycles. The molecule has 3 nitrogen and oxygen atoms in total. The van der Waals surface area contributed by atoms with E-state index in [1.165, 1.54) is 19.3 Å². The summed E-state index contributed by atoms with van der Waals surface area (Å²) in [5.74, 6) is -0.471. The molecule has 110 valence electrons. The number of rotatable bonds is 5. The minimum Gasteiger partial charge on any atom is -0.399 e. The van der Waals surface area contributed by atoms with Gasteiger partial charge in [-0.25, -0.2) is 0 Å². The summed E-state index contributed by atoms with van der Waals surface area (Å²) in [6, 6.07) is 7.40. The molecule has 1 fully saturated rings. The number of amides is 1. The average molecular weight is 278 g/mol. The normalized spacial score (nSPS) is 17.6. The second kappa shape index (κ2) is 7.27. The Morgan fingerprint density at radius 2 is 1.90 bits per heavy atom. The minimum absolute atomic E-state index is 0.0562. The summed E-state index contributed by atoms with van der Waals surface area (Å²) in [6.07, 6.45) is 5.88. The number of anilines is 1. The van der Waals surface area contributed by atoms with Gasteiger partial charge in [0, 0.05) is 11.7 Å². The van der Waals surface area contributed by atoms with E-state index in [1.807, 2.05) is 12.1 Å². The number of carbonyl (C=O) groups is 1. The van der Waals surface area contributed by atoms with Crippen molar-refractivity contribution in [3.63, 3.8) is 0 Å². The van der Waals surface area contributed by atoms with Crippen molar-refractivity contribution < 1.29 is 9.18 Å². The molecule has 1 unspecified atom stereocenters. The van der Waals surface area contributed by atoms with Gasteiger partial charge >= 0.3 is 0 Å². The van der Waals surface area contributed by atoms with Crippen LogP contribution < -0.4 is 11.1 Å². The minimum atomic E-state index is -0.493. The molecule has 1 atom stereocenters. The van der Waals surface area contributed by atoms with Crippen LogP contribution in [0.3, 0.4) is 0 Å². The van der Waals surface area contributed by atoms with Crippen LogP contribution in [0.15, 0.2) is 24.3 Å². The molecular formula is C16H23FN2O. The molecule has 3 N–H and O–H groups in total. The van der Waals surface area contributed by atoms with E-state index < -0.39 is 12.6 Å². The summed E-state index contributed by atoms with van der Waals surface area (Å²) in [4.78, 5) is 12.4. The van der Waals surface area contributed by atoms with Gasteiger partial charge in [0.2, 0.25) is 5.91 Å². The van der Waals surface area contributed by atoms with Crippen LogP contribution in [0.4, 0.5) is 10.1 Å². The van der Waals surface area contributed by atoms with Crippen LogP contribution >= 0.6 is 0 Å². The molecule has 0 aromatic heterocycles. The molecule has 2 rings (SSSR count). The summed E-state index contributed by atoms with van der Waals surface area (Å²) in [7, 11) is 0. The molecule has 1 aliphatic rings. The van der Waals surface area contributed by atoms with E-state index in [2.05, 4.69) is 5.32 Å². The van der Waals surface area contributed by atoms with Crippen molar-refractivity contribution in [2.24, 2.45) is 0 Å². The number of nitrogens with one attached hydrogen (secondary N) is 1. The van der Waals surface area contributed by atoms with Gasteiger partial charge in [-0.3, -0.25) is 9.18 Å². The van der Waals surface area contributed by atoms with Crippen LogP contribution in [0.25, 0.3) is 0 Å². The maximum atomic E-state index is 12.7. The Kier molecular flexibility index (Phi) is 5.39. The fourth-order valence-corrected chi connectivity index (χ4v) is 2.84. The van der Waals surface area contributed by atoms with E-state index in [1.54, 1.807) is 12.1 Å². The lowest BCUT2D eigenvalue weighted by molar-refractivity contribution is -0.123. The second-order valence-corrected chi connectivity index (χ2v) is 5.54. The first-order valence-electron chi connectivity index (χ1n) is 7.42. The van der Waals surface area contributed by atoms with Gasteiger partial charge in [0.1, 0.15) is 0 Å². The van der Waals surface area contributed by atoms with Crippen molar-refractivity contribution in [1.82, 2.24) is 5.32 Å². The maximum Gasteiger partial charge on any atom is 0.227 e. The topological polar surface area (TPSA) is 55.1 Å². The number of hydrogen-bond donors (Lipinski definition) is 2. The van der Waals surface area contributed by atoms with Gasteiger partial charge in [0.25, 0.3) is 0 Å². The van der Waals surface area contributed by atoms with Crippen molar-refractivity contribution in [3.05, 3.63) is 29.8 Å². The van der Waals surface area contributed by atoms with Crippen molar-refractivity contribution in [1.29, 1.82) is 0 Å². The fourth-order valence-electron chi connectivity index (χ4n) is 2.84. The van der Waals surface area contributed by atoms with Gasteiger partial charge in [-0.2, -0.15) is 0 Å². The van der Waals surface area contributed by atoms with Gasteiger partial charge in [0.05, 0.1) is 12.6 Å². The Bertz CT molecular complexity index is 427. The standard InChI is InChI=1S/C16H23FN2O/c17-11-10-15(12-6-8-13(18)9-7-12)16(20)19-14-4-2-1-3-5-14/h6-9,14-15H,1-5,10-11,18H2,(H,19,20). The third-order valence-electron chi connectivity index (χ3n) is 4.00. The molecule has 1 amide bonds. The zero-order valence-electron chi connectivity index (χ0n) is 11.8. The first-order chi connectivity index (χ1) is 9.70. The fraction of sp³-hybridized carbons (Fsp3) is 0.562. The highest BCUT2D eigenvalue weighted by atomic mass is 19.1. The molecule has 1 aromatic rings. The third kappa shape index (κ3) is 3.95. The molecule has 20 heavy (non-hydrogen) atoms. The summed E-state index contributed by atoms with van der Waals surface area (Å²) in [5.41, 5.74) is 7.14. The van der Waals surface area contributed by atoms with Gasteiger partial charge in [0.15, 0.2) is 0 Å². The van der Waals surface area contributed by atoms with Crippen molar-refractivity contribution in [3.8, 4) is 0 Å². The smallest absolute Gasteiger partial charge is 0.227 e. The van der Waals surface area contributed by atoms with Gasteiger partial charge < -0.3 is 11.1 Å². The average Bonchev–Trinajstić information content (AvgIpc) is 2.47. The predicted molar refractivity (Wildman–Crippen MR) is 79.2 cm³/mol. The lowest BCUT2D eigenvalue weighted by atomic mass is 9.92. The lowest BCUT2D eigenvalue weighted by Crippen LogP contribution is -2.39. The van der Waals surface area contributed by atoms with Crippen LogP contribution in [-0.2, 0) is 4.79 Å². The highest BCUT2D eigenvalue weighted by molar-refractivity contribution is 5.84. The van der Waals surface area contributed by atoms with Crippen LogP contribution in [0, 0.1) is 0 Å². The Labute approximate surface area is 119 Å². The lowest BCUT2D eigenvalue weighted by Gasteiger charge is -2.25. The van der Waals surface area contributed by atoms with Crippen molar-refractivity contribution >= 4 is 11.6 Å². The SMILES string of the molecule is Nc1ccc(C(CCF)C(=O)NC2CCCCC2)cc1. The Balaban J connectivity index is 2.02. The summed E-state index contributed by atoms with van der Waals surface area (Å²) in [5, 5.41) is 3.08. The zero-order chi connectivity index (χ0) is 14.4. The molecule has 1 aromatic carbocycles. The summed E-state index contributed by atoms with van der Waals surface area (Å²) in [6.45, 7) is -0.493. The number of carbonyl (C=O) groups excluding carboxylic acids is 1. The van der Waals surface area contributed by atoms with E-state index in [9.17, 15) is 9.18 Å². The largest absolute Gasteiger partial charge is 0.399 e. The van der Waals surface area contributed by atoms with Crippen LogP contribution in [0.2, 0.25) is 0 Å². The Hall–Kier alpha value is -1.58. The molecule has 0 bridgehead atoms. The van der Waals surface area contributed by atoms with E-state index in [0.717, 1.165) is 18.4 Å². The molecule has 0 radical (unpaired) electrons. The van der Waals surface area contributed by atoms with Crippen molar-refractivity contribution in [2.45, 2.75) is 50.5 Å². The number of nitrogen functional groups attached to an aromatic ring is 1. The van der Waals surface area contributed by atoms with Crippen molar-refractivity contribution in [2.75, 3.05) is 12.4 Å². The molecule has 1 aliphatic carbocycles. The van der Waals surface area contributed by atoms with E-state index in [4.69, 9.17) is 5.73 Å². The first kappa shape index (κ1) is 14.8. The highest BCUT2D eigenvalue weighted by Gasteiger charge is 2.23. The number of benzene rings is 1. The molecule has 0 saturated heterocycles. The van der Waals surface area contributed by atoms with Gasteiger partial charge in [-0.15, -0.1) is 0 Å². The predicted octanol–water partition coefficient (Wildman–Crippen LogP) is 3.16. The first-order valence-corrected chi connectivity index (χ1v) is 7.42. The van der Waals surface area contributed by atoms with Gasteiger partial charge in [-0.1, -0.05) is 31.4 Å². The Morgan fingerprint density at radius 3 is 2.50 bits per heavy atom. The molecular weight excluding hydrogens is 255 g/mol. The highest BCUT2D eigenvalue weighted by Crippen LogP contribution is 2.23. The van der Waals surface area contributed by atoms with Crippen LogP contribution in [0.1, 0.15) is 50.0 Å². The quantitative estimate of drug-likeness (QED) is 0.813. The number of hydrogen-bond acceptors (Lipinski definition) is 2. The summed E-state index contributed by atoms with van der Waals surface area (Å²) < 4.78 is 12.7. The van der Waals surface area contributed by atoms with E-state index in [0.29, 0.717) is 5.69 Å². The van der Waals surface area contributed by atoms with Crippen LogP contribution in [-0.4, -0.2) is 18.6 Å². The number of halogens is 1. The monoisotopic (exact) mass is 278 g/mol. The second-order valence-electron chi connectivity index (χ2n) is 5.54.